The summed E-state index contributed by atoms with van der Waals surface area (Å²) in [6, 6.07) is 13.5. The average Bonchev–Trinajstić information content (AvgIpc) is 3.24. The van der Waals surface area contributed by atoms with Crippen LogP contribution in [0.2, 0.25) is 0 Å². The maximum atomic E-state index is 13.8. The van der Waals surface area contributed by atoms with Crippen molar-refractivity contribution in [1.29, 1.82) is 0 Å². The number of nitrogens with one attached hydrogen (secondary N) is 1. The summed E-state index contributed by atoms with van der Waals surface area (Å²) in [5, 5.41) is 7.01. The molecule has 0 aliphatic carbocycles. The number of hydrogen-bond donors (Lipinski definition) is 1. The van der Waals surface area contributed by atoms with E-state index >= 15 is 0 Å². The van der Waals surface area contributed by atoms with Crippen molar-refractivity contribution >= 4 is 5.91 Å². The van der Waals surface area contributed by atoms with Gasteiger partial charge in [-0.2, -0.15) is 4.98 Å². The Kier molecular flexibility index (Phi) is 6.04. The van der Waals surface area contributed by atoms with E-state index in [9.17, 15) is 9.18 Å². The molecule has 0 spiro atoms. The van der Waals surface area contributed by atoms with E-state index in [2.05, 4.69) is 20.4 Å². The van der Waals surface area contributed by atoms with Gasteiger partial charge in [0.05, 0.1) is 19.2 Å². The number of likely N-dealkylation sites (tertiary alicyclic amines) is 1. The van der Waals surface area contributed by atoms with Gasteiger partial charge >= 0.3 is 0 Å². The summed E-state index contributed by atoms with van der Waals surface area (Å²) in [6.07, 6.45) is 1.56. The lowest BCUT2D eigenvalue weighted by Crippen LogP contribution is -2.44. The van der Waals surface area contributed by atoms with Crippen molar-refractivity contribution in [2.45, 2.75) is 25.4 Å². The molecule has 1 aromatic heterocycles. The molecule has 0 radical (unpaired) electrons. The maximum absolute atomic E-state index is 13.8. The van der Waals surface area contributed by atoms with Gasteiger partial charge in [-0.3, -0.25) is 9.69 Å². The van der Waals surface area contributed by atoms with Gasteiger partial charge in [-0.15, -0.1) is 0 Å². The third-order valence-electron chi connectivity index (χ3n) is 5.21. The van der Waals surface area contributed by atoms with E-state index < -0.39 is 5.82 Å². The number of piperidine rings is 1. The van der Waals surface area contributed by atoms with Crippen LogP contribution in [0.3, 0.4) is 0 Å². The Hall–Kier alpha value is -3.26. The van der Waals surface area contributed by atoms with Gasteiger partial charge in [0.25, 0.3) is 11.8 Å². The Balaban J connectivity index is 1.28. The van der Waals surface area contributed by atoms with Crippen molar-refractivity contribution in [2.24, 2.45) is 0 Å². The number of rotatable bonds is 6. The standard InChI is InChI=1S/C22H23FN4O3/c1-29-17-8-6-15(7-9-17)22-25-20(26-30-22)14-27-12-10-16(11-13-27)24-21(28)18-4-2-3-5-19(18)23/h2-9,16H,10-14H2,1H3,(H,24,28). The number of ether oxygens (including phenoxy) is 1. The molecule has 1 fully saturated rings. The molecular weight excluding hydrogens is 387 g/mol. The molecule has 1 saturated heterocycles. The zero-order valence-corrected chi connectivity index (χ0v) is 16.7. The van der Waals surface area contributed by atoms with Crippen LogP contribution in [0.15, 0.2) is 53.1 Å². The highest BCUT2D eigenvalue weighted by Gasteiger charge is 2.23. The van der Waals surface area contributed by atoms with Crippen molar-refractivity contribution < 1.29 is 18.4 Å². The van der Waals surface area contributed by atoms with Gasteiger partial charge in [0.15, 0.2) is 5.82 Å². The maximum Gasteiger partial charge on any atom is 0.257 e. The van der Waals surface area contributed by atoms with Gasteiger partial charge in [0, 0.05) is 24.7 Å². The minimum atomic E-state index is -0.503. The number of aromatic nitrogens is 2. The van der Waals surface area contributed by atoms with E-state index in [-0.39, 0.29) is 17.5 Å². The largest absolute Gasteiger partial charge is 0.497 e. The highest BCUT2D eigenvalue weighted by atomic mass is 19.1. The molecule has 0 unspecified atom stereocenters. The Morgan fingerprint density at radius 3 is 2.63 bits per heavy atom. The first-order chi connectivity index (χ1) is 14.6. The fourth-order valence-electron chi connectivity index (χ4n) is 3.51. The van der Waals surface area contributed by atoms with Crippen LogP contribution < -0.4 is 10.1 Å². The number of benzene rings is 2. The van der Waals surface area contributed by atoms with E-state index in [1.165, 1.54) is 12.1 Å². The van der Waals surface area contributed by atoms with E-state index in [1.807, 2.05) is 24.3 Å². The van der Waals surface area contributed by atoms with E-state index in [1.54, 1.807) is 19.2 Å². The molecule has 7 nitrogen and oxygen atoms in total. The van der Waals surface area contributed by atoms with Gasteiger partial charge in [-0.1, -0.05) is 17.3 Å². The monoisotopic (exact) mass is 410 g/mol. The number of carbonyl (C=O) groups excluding carboxylic acids is 1. The van der Waals surface area contributed by atoms with Gasteiger partial charge in [-0.05, 0) is 49.2 Å². The minimum absolute atomic E-state index is 0.0217. The van der Waals surface area contributed by atoms with Gasteiger partial charge < -0.3 is 14.6 Å². The molecule has 2 heterocycles. The average molecular weight is 410 g/mol. The molecule has 1 N–H and O–H groups in total. The van der Waals surface area contributed by atoms with Gasteiger partial charge in [0.1, 0.15) is 11.6 Å². The van der Waals surface area contributed by atoms with Crippen LogP contribution in [0.4, 0.5) is 4.39 Å². The summed E-state index contributed by atoms with van der Waals surface area (Å²) in [6.45, 7) is 2.15. The van der Waals surface area contributed by atoms with Crippen LogP contribution in [0.1, 0.15) is 29.0 Å². The molecule has 0 atom stereocenters. The Morgan fingerprint density at radius 1 is 1.20 bits per heavy atom. The number of methoxy groups -OCH3 is 1. The third-order valence-corrected chi connectivity index (χ3v) is 5.21. The summed E-state index contributed by atoms with van der Waals surface area (Å²) >= 11 is 0. The smallest absolute Gasteiger partial charge is 0.257 e. The van der Waals surface area contributed by atoms with Crippen LogP contribution in [0.5, 0.6) is 5.75 Å². The fourth-order valence-corrected chi connectivity index (χ4v) is 3.51. The Labute approximate surface area is 173 Å². The van der Waals surface area contributed by atoms with Crippen molar-refractivity contribution in [2.75, 3.05) is 20.2 Å². The summed E-state index contributed by atoms with van der Waals surface area (Å²) in [4.78, 5) is 19.0. The molecule has 1 aliphatic rings. The number of halogens is 1. The van der Waals surface area contributed by atoms with Crippen LogP contribution in [0, 0.1) is 5.82 Å². The molecule has 30 heavy (non-hydrogen) atoms. The van der Waals surface area contributed by atoms with Crippen LogP contribution in [-0.2, 0) is 6.54 Å². The van der Waals surface area contributed by atoms with Crippen LogP contribution in [-0.4, -0.2) is 47.2 Å². The second-order valence-corrected chi connectivity index (χ2v) is 7.25. The van der Waals surface area contributed by atoms with Crippen molar-refractivity contribution in [1.82, 2.24) is 20.4 Å². The molecule has 4 rings (SSSR count). The second-order valence-electron chi connectivity index (χ2n) is 7.25. The Morgan fingerprint density at radius 2 is 1.93 bits per heavy atom. The lowest BCUT2D eigenvalue weighted by molar-refractivity contribution is 0.0904. The zero-order chi connectivity index (χ0) is 20.9. The second kappa shape index (κ2) is 9.04. The lowest BCUT2D eigenvalue weighted by atomic mass is 10.0. The first-order valence-corrected chi connectivity index (χ1v) is 9.87. The van der Waals surface area contributed by atoms with Crippen LogP contribution >= 0.6 is 0 Å². The molecule has 0 bridgehead atoms. The molecule has 156 valence electrons. The van der Waals surface area contributed by atoms with Crippen LogP contribution in [0.25, 0.3) is 11.5 Å². The molecule has 3 aromatic rings. The quantitative estimate of drug-likeness (QED) is 0.672. The predicted molar refractivity (Wildman–Crippen MR) is 108 cm³/mol. The van der Waals surface area contributed by atoms with Crippen molar-refractivity contribution in [3.05, 3.63) is 65.7 Å². The van der Waals surface area contributed by atoms with Crippen molar-refractivity contribution in [3.8, 4) is 17.2 Å². The molecule has 0 saturated carbocycles. The Bertz CT molecular complexity index is 998. The number of amides is 1. The fraction of sp³-hybridized carbons (Fsp3) is 0.318. The SMILES string of the molecule is COc1ccc(-c2nc(CN3CCC(NC(=O)c4ccccc4F)CC3)no2)cc1. The number of carbonyl (C=O) groups is 1. The first kappa shape index (κ1) is 20.0. The molecule has 8 heteroatoms. The first-order valence-electron chi connectivity index (χ1n) is 9.87. The van der Waals surface area contributed by atoms with Crippen molar-refractivity contribution in [3.63, 3.8) is 0 Å². The highest BCUT2D eigenvalue weighted by molar-refractivity contribution is 5.94. The van der Waals surface area contributed by atoms with E-state index in [0.717, 1.165) is 37.2 Å². The van der Waals surface area contributed by atoms with Gasteiger partial charge in [0.2, 0.25) is 0 Å². The molecule has 1 amide bonds. The normalized spacial score (nSPS) is 15.1. The van der Waals surface area contributed by atoms with E-state index in [0.29, 0.717) is 18.3 Å². The zero-order valence-electron chi connectivity index (χ0n) is 16.7. The summed E-state index contributed by atoms with van der Waals surface area (Å²) in [5.41, 5.74) is 0.918. The van der Waals surface area contributed by atoms with E-state index in [4.69, 9.17) is 9.26 Å². The summed E-state index contributed by atoms with van der Waals surface area (Å²) in [7, 11) is 1.62. The van der Waals surface area contributed by atoms with Gasteiger partial charge in [-0.25, -0.2) is 4.39 Å². The predicted octanol–water partition coefficient (Wildman–Crippen LogP) is 3.28. The summed E-state index contributed by atoms with van der Waals surface area (Å²) < 4.78 is 24.3. The number of hydrogen-bond acceptors (Lipinski definition) is 6. The lowest BCUT2D eigenvalue weighted by Gasteiger charge is -2.31. The third kappa shape index (κ3) is 4.65. The molecular formula is C22H23FN4O3. The highest BCUT2D eigenvalue weighted by Crippen LogP contribution is 2.21. The number of nitrogens with zero attached hydrogens (tertiary/aromatic N) is 3. The minimum Gasteiger partial charge on any atom is -0.497 e. The topological polar surface area (TPSA) is 80.5 Å². The molecule has 1 aliphatic heterocycles. The summed E-state index contributed by atoms with van der Waals surface area (Å²) in [5.74, 6) is 0.990. The molecule has 2 aromatic carbocycles.